The Labute approximate surface area is 158 Å². The topological polar surface area (TPSA) is 62.8 Å². The van der Waals surface area contributed by atoms with Gasteiger partial charge in [0.1, 0.15) is 5.82 Å². The van der Waals surface area contributed by atoms with Crippen LogP contribution < -0.4 is 20.1 Å². The van der Waals surface area contributed by atoms with Gasteiger partial charge in [0.2, 0.25) is 6.79 Å². The van der Waals surface area contributed by atoms with Crippen LogP contribution >= 0.6 is 0 Å². The van der Waals surface area contributed by atoms with E-state index in [0.29, 0.717) is 18.0 Å². The minimum atomic E-state index is -0.291. The maximum atomic E-state index is 13.5. The van der Waals surface area contributed by atoms with Gasteiger partial charge >= 0.3 is 6.03 Å². The molecule has 0 radical (unpaired) electrons. The zero-order valence-electron chi connectivity index (χ0n) is 15.7. The Balaban J connectivity index is 1.58. The number of carbonyl (C=O) groups excluding carboxylic acids is 1. The van der Waals surface area contributed by atoms with Crippen LogP contribution in [0.3, 0.4) is 0 Å². The Bertz CT molecular complexity index is 813. The molecule has 2 aromatic rings. The second kappa shape index (κ2) is 8.26. The molecule has 0 saturated heterocycles. The lowest BCUT2D eigenvalue weighted by Crippen LogP contribution is -2.41. The van der Waals surface area contributed by atoms with Gasteiger partial charge in [0.25, 0.3) is 0 Å². The van der Waals surface area contributed by atoms with Gasteiger partial charge in [-0.25, -0.2) is 9.18 Å². The molecule has 2 amide bonds. The molecule has 6 nitrogen and oxygen atoms in total. The molecule has 2 unspecified atom stereocenters. The molecule has 144 valence electrons. The minimum absolute atomic E-state index is 0.132. The quantitative estimate of drug-likeness (QED) is 0.816. The maximum Gasteiger partial charge on any atom is 0.315 e. The molecule has 0 spiro atoms. The molecule has 2 atom stereocenters. The Morgan fingerprint density at radius 3 is 2.67 bits per heavy atom. The first-order chi connectivity index (χ1) is 12.9. The third kappa shape index (κ3) is 4.68. The van der Waals surface area contributed by atoms with E-state index in [1.807, 2.05) is 50.2 Å². The number of hydrogen-bond acceptors (Lipinski definition) is 4. The molecule has 2 N–H and O–H groups in total. The van der Waals surface area contributed by atoms with Gasteiger partial charge in [-0.3, -0.25) is 0 Å². The average molecular weight is 373 g/mol. The van der Waals surface area contributed by atoms with Gasteiger partial charge in [-0.1, -0.05) is 18.2 Å². The van der Waals surface area contributed by atoms with Crippen molar-refractivity contribution in [2.24, 2.45) is 0 Å². The van der Waals surface area contributed by atoms with E-state index < -0.39 is 0 Å². The SMILES string of the molecule is CC(NC(=O)NCC(c1cccc(F)c1)N(C)C)c1ccc2c(c1)OCO2. The summed E-state index contributed by atoms with van der Waals surface area (Å²) in [5.74, 6) is 1.10. The normalized spacial score (nSPS) is 14.7. The Morgan fingerprint density at radius 1 is 1.15 bits per heavy atom. The van der Waals surface area contributed by atoms with Crippen molar-refractivity contribution < 1.29 is 18.7 Å². The van der Waals surface area contributed by atoms with Gasteiger partial charge in [0.15, 0.2) is 11.5 Å². The van der Waals surface area contributed by atoms with E-state index in [-0.39, 0.29) is 30.7 Å². The molecular weight excluding hydrogens is 349 g/mol. The highest BCUT2D eigenvalue weighted by atomic mass is 19.1. The number of fused-ring (bicyclic) bond motifs is 1. The zero-order chi connectivity index (χ0) is 19.4. The van der Waals surface area contributed by atoms with Crippen LogP contribution in [0.2, 0.25) is 0 Å². The number of rotatable bonds is 6. The van der Waals surface area contributed by atoms with Gasteiger partial charge in [-0.15, -0.1) is 0 Å². The van der Waals surface area contributed by atoms with Gasteiger partial charge in [0.05, 0.1) is 12.1 Å². The smallest absolute Gasteiger partial charge is 0.315 e. The number of halogens is 1. The van der Waals surface area contributed by atoms with Crippen LogP contribution in [0, 0.1) is 5.82 Å². The Morgan fingerprint density at radius 2 is 1.93 bits per heavy atom. The molecule has 1 aliphatic heterocycles. The van der Waals surface area contributed by atoms with E-state index in [1.165, 1.54) is 12.1 Å². The van der Waals surface area contributed by atoms with Gasteiger partial charge in [-0.2, -0.15) is 0 Å². The fourth-order valence-electron chi connectivity index (χ4n) is 3.02. The molecule has 0 aliphatic carbocycles. The van der Waals surface area contributed by atoms with Crippen LogP contribution in [0.1, 0.15) is 30.1 Å². The summed E-state index contributed by atoms with van der Waals surface area (Å²) >= 11 is 0. The summed E-state index contributed by atoms with van der Waals surface area (Å²) in [5.41, 5.74) is 1.73. The fourth-order valence-corrected chi connectivity index (χ4v) is 3.02. The van der Waals surface area contributed by atoms with E-state index >= 15 is 0 Å². The lowest BCUT2D eigenvalue weighted by Gasteiger charge is -2.25. The van der Waals surface area contributed by atoms with Gasteiger partial charge in [-0.05, 0) is 56.4 Å². The molecular formula is C20H24FN3O3. The monoisotopic (exact) mass is 373 g/mol. The van der Waals surface area contributed by atoms with E-state index in [0.717, 1.165) is 11.1 Å². The highest BCUT2D eigenvalue weighted by Gasteiger charge is 2.19. The largest absolute Gasteiger partial charge is 0.454 e. The molecule has 7 heteroatoms. The Kier molecular flexibility index (Phi) is 5.81. The standard InChI is InChI=1S/C20H24FN3O3/c1-13(14-7-8-18-19(10-14)27-12-26-18)23-20(25)22-11-17(24(2)3)15-5-4-6-16(21)9-15/h4-10,13,17H,11-12H2,1-3H3,(H2,22,23,25). The van der Waals surface area contributed by atoms with Crippen LogP contribution in [0.4, 0.5) is 9.18 Å². The highest BCUT2D eigenvalue weighted by Crippen LogP contribution is 2.34. The second-order valence-electron chi connectivity index (χ2n) is 6.72. The van der Waals surface area contributed by atoms with Crippen molar-refractivity contribution in [2.75, 3.05) is 27.4 Å². The van der Waals surface area contributed by atoms with Crippen molar-refractivity contribution in [1.29, 1.82) is 0 Å². The van der Waals surface area contributed by atoms with E-state index in [4.69, 9.17) is 9.47 Å². The summed E-state index contributed by atoms with van der Waals surface area (Å²) in [5, 5.41) is 5.77. The third-order valence-electron chi connectivity index (χ3n) is 4.56. The molecule has 0 aromatic heterocycles. The molecule has 3 rings (SSSR count). The van der Waals surface area contributed by atoms with Crippen molar-refractivity contribution in [2.45, 2.75) is 19.0 Å². The van der Waals surface area contributed by atoms with Crippen LogP contribution in [0.15, 0.2) is 42.5 Å². The van der Waals surface area contributed by atoms with Crippen molar-refractivity contribution in [1.82, 2.24) is 15.5 Å². The summed E-state index contributed by atoms with van der Waals surface area (Å²) in [6.45, 7) is 2.47. The van der Waals surface area contributed by atoms with Crippen LogP contribution in [-0.4, -0.2) is 38.4 Å². The number of benzene rings is 2. The second-order valence-corrected chi connectivity index (χ2v) is 6.72. The number of urea groups is 1. The van der Waals surface area contributed by atoms with E-state index in [1.54, 1.807) is 6.07 Å². The lowest BCUT2D eigenvalue weighted by molar-refractivity contribution is 0.174. The van der Waals surface area contributed by atoms with Crippen molar-refractivity contribution in [3.8, 4) is 11.5 Å². The number of carbonyl (C=O) groups is 1. The first kappa shape index (κ1) is 19.0. The molecule has 1 aliphatic rings. The number of amides is 2. The predicted molar refractivity (Wildman–Crippen MR) is 100 cm³/mol. The maximum absolute atomic E-state index is 13.5. The number of hydrogen-bond donors (Lipinski definition) is 2. The van der Waals surface area contributed by atoms with Crippen molar-refractivity contribution in [3.05, 3.63) is 59.4 Å². The molecule has 27 heavy (non-hydrogen) atoms. The number of likely N-dealkylation sites (N-methyl/N-ethyl adjacent to an activating group) is 1. The molecule has 1 heterocycles. The van der Waals surface area contributed by atoms with Crippen molar-refractivity contribution >= 4 is 6.03 Å². The molecule has 2 aromatic carbocycles. The average Bonchev–Trinajstić information content (AvgIpc) is 3.09. The van der Waals surface area contributed by atoms with Crippen molar-refractivity contribution in [3.63, 3.8) is 0 Å². The van der Waals surface area contributed by atoms with Gasteiger partial charge < -0.3 is 25.0 Å². The zero-order valence-corrected chi connectivity index (χ0v) is 15.7. The number of nitrogens with one attached hydrogen (secondary N) is 2. The predicted octanol–water partition coefficient (Wildman–Crippen LogP) is 3.22. The lowest BCUT2D eigenvalue weighted by atomic mass is 10.1. The van der Waals surface area contributed by atoms with Crippen LogP contribution in [0.25, 0.3) is 0 Å². The molecule has 0 fully saturated rings. The van der Waals surface area contributed by atoms with E-state index in [2.05, 4.69) is 10.6 Å². The third-order valence-corrected chi connectivity index (χ3v) is 4.56. The molecule has 0 bridgehead atoms. The number of nitrogens with zero attached hydrogens (tertiary/aromatic N) is 1. The fraction of sp³-hybridized carbons (Fsp3) is 0.350. The summed E-state index contributed by atoms with van der Waals surface area (Å²) in [7, 11) is 3.79. The summed E-state index contributed by atoms with van der Waals surface area (Å²) < 4.78 is 24.2. The first-order valence-electron chi connectivity index (χ1n) is 8.80. The summed E-state index contributed by atoms with van der Waals surface area (Å²) in [6, 6.07) is 11.4. The Hall–Kier alpha value is -2.80. The van der Waals surface area contributed by atoms with Crippen LogP contribution in [-0.2, 0) is 0 Å². The van der Waals surface area contributed by atoms with Gasteiger partial charge in [0, 0.05) is 6.54 Å². The number of ether oxygens (including phenoxy) is 2. The summed E-state index contributed by atoms with van der Waals surface area (Å²) in [4.78, 5) is 14.3. The summed E-state index contributed by atoms with van der Waals surface area (Å²) in [6.07, 6.45) is 0. The molecule has 0 saturated carbocycles. The highest BCUT2D eigenvalue weighted by molar-refractivity contribution is 5.74. The first-order valence-corrected chi connectivity index (χ1v) is 8.80. The minimum Gasteiger partial charge on any atom is -0.454 e. The van der Waals surface area contributed by atoms with Crippen LogP contribution in [0.5, 0.6) is 11.5 Å². The van der Waals surface area contributed by atoms with E-state index in [9.17, 15) is 9.18 Å².